The fourth-order valence-electron chi connectivity index (χ4n) is 1.99. The number of hydrogen-bond acceptors (Lipinski definition) is 3. The average molecular weight is 200 g/mol. The van der Waals surface area contributed by atoms with Crippen LogP contribution >= 0.6 is 0 Å². The second-order valence-corrected chi connectivity index (χ2v) is 4.43. The quantitative estimate of drug-likeness (QED) is 0.722. The standard InChI is InChI=1S/C11H24N2O/c1-10(2)13(6-5-12)9-11-3-7-14-8-4-11/h10-11H,3-9,12H2,1-2H3. The minimum atomic E-state index is 0.612. The van der Waals surface area contributed by atoms with Crippen molar-refractivity contribution in [2.45, 2.75) is 32.7 Å². The summed E-state index contributed by atoms with van der Waals surface area (Å²) in [6.07, 6.45) is 2.43. The van der Waals surface area contributed by atoms with E-state index in [0.717, 1.165) is 32.2 Å². The number of nitrogens with two attached hydrogens (primary N) is 1. The minimum Gasteiger partial charge on any atom is -0.381 e. The van der Waals surface area contributed by atoms with Gasteiger partial charge < -0.3 is 10.5 Å². The van der Waals surface area contributed by atoms with Crippen molar-refractivity contribution in [2.24, 2.45) is 11.7 Å². The Morgan fingerprint density at radius 1 is 1.36 bits per heavy atom. The van der Waals surface area contributed by atoms with Gasteiger partial charge in [0.15, 0.2) is 0 Å². The largest absolute Gasteiger partial charge is 0.381 e. The van der Waals surface area contributed by atoms with Crippen LogP contribution in [0.4, 0.5) is 0 Å². The molecule has 0 amide bonds. The smallest absolute Gasteiger partial charge is 0.0469 e. The van der Waals surface area contributed by atoms with E-state index in [0.29, 0.717) is 6.04 Å². The van der Waals surface area contributed by atoms with E-state index in [4.69, 9.17) is 10.5 Å². The Kier molecular flexibility index (Phi) is 5.45. The Labute approximate surface area is 87.6 Å². The summed E-state index contributed by atoms with van der Waals surface area (Å²) in [5, 5.41) is 0. The van der Waals surface area contributed by atoms with Gasteiger partial charge in [0.05, 0.1) is 0 Å². The van der Waals surface area contributed by atoms with Crippen LogP contribution < -0.4 is 5.73 Å². The number of ether oxygens (including phenoxy) is 1. The molecule has 0 aromatic rings. The number of rotatable bonds is 5. The second-order valence-electron chi connectivity index (χ2n) is 4.43. The van der Waals surface area contributed by atoms with Gasteiger partial charge in [-0.15, -0.1) is 0 Å². The van der Waals surface area contributed by atoms with Crippen molar-refractivity contribution in [3.05, 3.63) is 0 Å². The van der Waals surface area contributed by atoms with Crippen molar-refractivity contribution >= 4 is 0 Å². The molecule has 0 bridgehead atoms. The molecule has 0 spiro atoms. The lowest BCUT2D eigenvalue weighted by Crippen LogP contribution is -2.40. The van der Waals surface area contributed by atoms with E-state index in [1.165, 1.54) is 19.4 Å². The topological polar surface area (TPSA) is 38.5 Å². The van der Waals surface area contributed by atoms with Crippen LogP contribution in [-0.2, 0) is 4.74 Å². The highest BCUT2D eigenvalue weighted by Gasteiger charge is 2.18. The number of hydrogen-bond donors (Lipinski definition) is 1. The molecule has 0 aliphatic carbocycles. The first kappa shape index (κ1) is 12.0. The Morgan fingerprint density at radius 3 is 2.50 bits per heavy atom. The number of nitrogens with zero attached hydrogens (tertiary/aromatic N) is 1. The van der Waals surface area contributed by atoms with E-state index in [-0.39, 0.29) is 0 Å². The van der Waals surface area contributed by atoms with E-state index in [9.17, 15) is 0 Å². The zero-order valence-electron chi connectivity index (χ0n) is 9.54. The highest BCUT2D eigenvalue weighted by molar-refractivity contribution is 4.71. The van der Waals surface area contributed by atoms with E-state index in [1.807, 2.05) is 0 Å². The second kappa shape index (κ2) is 6.38. The van der Waals surface area contributed by atoms with Crippen LogP contribution in [0.15, 0.2) is 0 Å². The summed E-state index contributed by atoms with van der Waals surface area (Å²) in [4.78, 5) is 2.48. The van der Waals surface area contributed by atoms with Gasteiger partial charge in [0.25, 0.3) is 0 Å². The zero-order valence-corrected chi connectivity index (χ0v) is 9.54. The highest BCUT2D eigenvalue weighted by atomic mass is 16.5. The van der Waals surface area contributed by atoms with E-state index in [2.05, 4.69) is 18.7 Å². The van der Waals surface area contributed by atoms with Gasteiger partial charge >= 0.3 is 0 Å². The predicted molar refractivity (Wildman–Crippen MR) is 59.3 cm³/mol. The normalized spacial score (nSPS) is 19.5. The molecule has 1 heterocycles. The Hall–Kier alpha value is -0.120. The van der Waals surface area contributed by atoms with Crippen LogP contribution in [0.25, 0.3) is 0 Å². The fourth-order valence-corrected chi connectivity index (χ4v) is 1.99. The molecular weight excluding hydrogens is 176 g/mol. The molecule has 1 rings (SSSR count). The zero-order chi connectivity index (χ0) is 10.4. The maximum Gasteiger partial charge on any atom is 0.0469 e. The molecule has 0 saturated carbocycles. The third-order valence-corrected chi connectivity index (χ3v) is 2.98. The van der Waals surface area contributed by atoms with Gasteiger partial charge in [0.1, 0.15) is 0 Å². The molecule has 1 saturated heterocycles. The lowest BCUT2D eigenvalue weighted by atomic mass is 9.99. The van der Waals surface area contributed by atoms with Crippen LogP contribution in [0.1, 0.15) is 26.7 Å². The van der Waals surface area contributed by atoms with Crippen LogP contribution in [-0.4, -0.2) is 43.8 Å². The SMILES string of the molecule is CC(C)N(CCN)CC1CCOCC1. The molecule has 1 aliphatic rings. The van der Waals surface area contributed by atoms with Crippen LogP contribution in [0, 0.1) is 5.92 Å². The maximum absolute atomic E-state index is 5.61. The van der Waals surface area contributed by atoms with Crippen LogP contribution in [0.5, 0.6) is 0 Å². The van der Waals surface area contributed by atoms with Crippen molar-refractivity contribution < 1.29 is 4.74 Å². The van der Waals surface area contributed by atoms with Crippen molar-refractivity contribution in [1.29, 1.82) is 0 Å². The summed E-state index contributed by atoms with van der Waals surface area (Å²) in [6.45, 7) is 9.36. The first-order valence-corrected chi connectivity index (χ1v) is 5.76. The first-order chi connectivity index (χ1) is 6.74. The molecule has 84 valence electrons. The van der Waals surface area contributed by atoms with Gasteiger partial charge in [-0.1, -0.05) is 0 Å². The summed E-state index contributed by atoms with van der Waals surface area (Å²) >= 11 is 0. The van der Waals surface area contributed by atoms with Gasteiger partial charge in [-0.25, -0.2) is 0 Å². The summed E-state index contributed by atoms with van der Waals surface area (Å²) < 4.78 is 5.36. The van der Waals surface area contributed by atoms with Crippen molar-refractivity contribution in [3.8, 4) is 0 Å². The Bertz CT molecular complexity index is 144. The monoisotopic (exact) mass is 200 g/mol. The van der Waals surface area contributed by atoms with E-state index >= 15 is 0 Å². The molecule has 2 N–H and O–H groups in total. The third-order valence-electron chi connectivity index (χ3n) is 2.98. The van der Waals surface area contributed by atoms with E-state index < -0.39 is 0 Å². The molecule has 0 atom stereocenters. The van der Waals surface area contributed by atoms with Crippen molar-refractivity contribution in [1.82, 2.24) is 4.90 Å². The molecule has 3 nitrogen and oxygen atoms in total. The molecule has 3 heteroatoms. The molecule has 0 aromatic heterocycles. The van der Waals surface area contributed by atoms with E-state index in [1.54, 1.807) is 0 Å². The third kappa shape index (κ3) is 3.95. The molecule has 0 unspecified atom stereocenters. The van der Waals surface area contributed by atoms with Gasteiger partial charge in [0.2, 0.25) is 0 Å². The van der Waals surface area contributed by atoms with Gasteiger partial charge in [-0.05, 0) is 32.6 Å². The van der Waals surface area contributed by atoms with Crippen molar-refractivity contribution in [3.63, 3.8) is 0 Å². The maximum atomic E-state index is 5.61. The molecular formula is C11H24N2O. The Morgan fingerprint density at radius 2 is 2.00 bits per heavy atom. The lowest BCUT2D eigenvalue weighted by Gasteiger charge is -2.32. The summed E-state index contributed by atoms with van der Waals surface area (Å²) in [6, 6.07) is 0.612. The fraction of sp³-hybridized carbons (Fsp3) is 1.00. The van der Waals surface area contributed by atoms with Gasteiger partial charge in [-0.3, -0.25) is 4.90 Å². The molecule has 1 fully saturated rings. The summed E-state index contributed by atoms with van der Waals surface area (Å²) in [5.74, 6) is 0.817. The van der Waals surface area contributed by atoms with Crippen molar-refractivity contribution in [2.75, 3.05) is 32.8 Å². The van der Waals surface area contributed by atoms with Crippen LogP contribution in [0.3, 0.4) is 0 Å². The average Bonchev–Trinajstić information content (AvgIpc) is 2.18. The Balaban J connectivity index is 2.29. The molecule has 0 aromatic carbocycles. The molecule has 14 heavy (non-hydrogen) atoms. The first-order valence-electron chi connectivity index (χ1n) is 5.76. The highest BCUT2D eigenvalue weighted by Crippen LogP contribution is 2.16. The summed E-state index contributed by atoms with van der Waals surface area (Å²) in [7, 11) is 0. The molecule has 1 aliphatic heterocycles. The van der Waals surface area contributed by atoms with Crippen LogP contribution in [0.2, 0.25) is 0 Å². The minimum absolute atomic E-state index is 0.612. The van der Waals surface area contributed by atoms with Gasteiger partial charge in [-0.2, -0.15) is 0 Å². The predicted octanol–water partition coefficient (Wildman–Crippen LogP) is 1.08. The molecule has 0 radical (unpaired) electrons. The van der Waals surface area contributed by atoms with Gasteiger partial charge in [0, 0.05) is 38.9 Å². The summed E-state index contributed by atoms with van der Waals surface area (Å²) in [5.41, 5.74) is 5.61. The lowest BCUT2D eigenvalue weighted by molar-refractivity contribution is 0.0484.